The molecule has 0 radical (unpaired) electrons. The zero-order valence-electron chi connectivity index (χ0n) is 63.3. The van der Waals surface area contributed by atoms with Gasteiger partial charge in [-0.1, -0.05) is 112 Å². The highest BCUT2D eigenvalue weighted by Crippen LogP contribution is 2.54. The average molecular weight is 1540 g/mol. The molecule has 5 aromatic carbocycles. The number of hydrogen-bond donors (Lipinski definition) is 0. The van der Waals surface area contributed by atoms with Gasteiger partial charge in [-0.15, -0.1) is 80.7 Å². The fourth-order valence-corrected chi connectivity index (χ4v) is 23.6. The normalized spacial score (nSPS) is 17.3. The van der Waals surface area contributed by atoms with Gasteiger partial charge < -0.3 is 0 Å². The summed E-state index contributed by atoms with van der Waals surface area (Å²) in [5.41, 5.74) is 18.7. The number of thioether (sulfide) groups is 4. The van der Waals surface area contributed by atoms with E-state index in [0.29, 0.717) is 43.8 Å². The van der Waals surface area contributed by atoms with Crippen molar-refractivity contribution in [3.8, 4) is 34.4 Å². The quantitative estimate of drug-likeness (QED) is 0.0807. The first-order chi connectivity index (χ1) is 49.2. The number of benzene rings is 5. The lowest BCUT2D eigenvalue weighted by atomic mass is 9.86. The largest absolute Gasteiger partial charge is 0.277 e. The van der Waals surface area contributed by atoms with Gasteiger partial charge in [-0.2, -0.15) is 8.75 Å². The summed E-state index contributed by atoms with van der Waals surface area (Å²) in [5, 5.41) is 8.02. The van der Waals surface area contributed by atoms with E-state index < -0.39 is 23.6 Å². The number of carbonyl (C=O) groups excluding carboxylic acids is 4. The number of hydrogen-bond acceptors (Lipinski definition) is 19. The highest BCUT2D eigenvalue weighted by Gasteiger charge is 2.40. The van der Waals surface area contributed by atoms with Crippen LogP contribution in [0.3, 0.4) is 0 Å². The van der Waals surface area contributed by atoms with E-state index in [1.165, 1.54) is 143 Å². The summed E-state index contributed by atoms with van der Waals surface area (Å²) in [6.45, 7) is 46.1. The number of aliphatic imine (C=N–C) groups is 2. The Kier molecular flexibility index (Phi) is 26.7. The first-order valence-corrected chi connectivity index (χ1v) is 41.9. The molecule has 6 aliphatic heterocycles. The minimum absolute atomic E-state index is 0.336. The molecule has 0 saturated carbocycles. The van der Waals surface area contributed by atoms with Crippen molar-refractivity contribution in [3.63, 3.8) is 0 Å². The third-order valence-corrected chi connectivity index (χ3v) is 29.7. The van der Waals surface area contributed by atoms with Crippen molar-refractivity contribution in [1.29, 1.82) is 0 Å². The summed E-state index contributed by atoms with van der Waals surface area (Å²) in [7, 11) is 2.83. The second-order valence-electron chi connectivity index (χ2n) is 24.6. The maximum atomic E-state index is 12.3. The Balaban J connectivity index is 0.000000142. The fourth-order valence-electron chi connectivity index (χ4n) is 12.2. The summed E-state index contributed by atoms with van der Waals surface area (Å²) in [4.78, 5) is 78.6. The van der Waals surface area contributed by atoms with Gasteiger partial charge in [0.25, 0.3) is 23.6 Å². The number of thiophene rings is 4. The Morgan fingerprint density at radius 1 is 0.408 bits per heavy atom. The molecular weight excluding hydrogens is 1450 g/mol. The molecule has 0 N–H and O–H groups in total. The number of carbonyl (C=O) groups is 4. The molecular formula is C82H90N8O4S9. The van der Waals surface area contributed by atoms with Crippen LogP contribution in [0.2, 0.25) is 0 Å². The Morgan fingerprint density at radius 3 is 1.11 bits per heavy atom. The minimum Gasteiger partial charge on any atom is -0.277 e. The number of nitrogens with zero attached hydrogens (tertiary/aromatic N) is 8. The Hall–Kier alpha value is -7.10. The van der Waals surface area contributed by atoms with Crippen LogP contribution in [0.25, 0.3) is 84.9 Å². The van der Waals surface area contributed by atoms with Crippen LogP contribution < -0.4 is 0 Å². The predicted molar refractivity (Wildman–Crippen MR) is 457 cm³/mol. The van der Waals surface area contributed by atoms with Gasteiger partial charge in [0.1, 0.15) is 32.8 Å². The topological polar surface area (TPSA) is 151 Å². The molecule has 21 heteroatoms. The molecule has 103 heavy (non-hydrogen) atoms. The molecule has 0 fully saturated rings. The van der Waals surface area contributed by atoms with Crippen LogP contribution in [0.4, 0.5) is 0 Å². The van der Waals surface area contributed by atoms with Crippen LogP contribution in [-0.4, -0.2) is 97.6 Å². The van der Waals surface area contributed by atoms with Gasteiger partial charge in [-0.3, -0.25) is 39.0 Å². The van der Waals surface area contributed by atoms with Gasteiger partial charge in [0, 0.05) is 93.6 Å². The summed E-state index contributed by atoms with van der Waals surface area (Å²) in [6.07, 6.45) is 4.00. The molecule has 4 amide bonds. The van der Waals surface area contributed by atoms with Gasteiger partial charge in [0.15, 0.2) is 0 Å². The minimum atomic E-state index is -0.431. The fraction of sp³-hybridized carbons (Fsp3) is 0.341. The van der Waals surface area contributed by atoms with E-state index in [1.807, 2.05) is 102 Å². The molecule has 4 atom stereocenters. The summed E-state index contributed by atoms with van der Waals surface area (Å²) >= 11 is 16.6. The van der Waals surface area contributed by atoms with Crippen molar-refractivity contribution in [1.82, 2.24) is 28.5 Å². The Labute approximate surface area is 644 Å². The van der Waals surface area contributed by atoms with E-state index in [9.17, 15) is 19.2 Å². The zero-order valence-corrected chi connectivity index (χ0v) is 70.6. The number of amides is 4. The van der Waals surface area contributed by atoms with E-state index in [0.717, 1.165) is 53.8 Å². The maximum Gasteiger partial charge on any atom is 0.261 e. The first kappa shape index (κ1) is 80.0. The monoisotopic (exact) mass is 1540 g/mol. The second kappa shape index (κ2) is 34.4. The standard InChI is InChI=1S/C18H12N2S.C16H10N2O4.C12H12S3.C10H14S2.C8H8N2S.C6H8N2S2.C4H8.C4H6.2C2H6/c1-9-15-16(10(2)21-9)20-18-13-8-4-6-11-5-3-7-12(14(11)13)17(18)19-15;1-17-13(19)7-3-5-9-12-10(16(22)18(2)15(9)21)6-4-8(11(7)12)14(17)20;1-5-7(3)13-11-9(5)15-10-6(2)8(4)14-12(10)11;1-5-7(3)11-10-6(2)8(4)12-9(5)10;1-5-3-4-6(2)8-7(5)9-11-10-8;1-3-7-5-6(9-3)8-4(2)10-5;2*1-3-4-2;2*1-2/h3-8H,1-2H3;3-6H,1-2H3;1-4H3;9-10H,1-4H3;3-4H,1-2H3;5-6H,1-2H3;3-4H,1-2H3;1-2H3;2*1-2H3. The van der Waals surface area contributed by atoms with E-state index in [1.54, 1.807) is 55.8 Å². The molecule has 12 heterocycles. The molecule has 536 valence electrons. The number of imide groups is 2. The molecule has 11 aromatic rings. The molecule has 4 unspecified atom stereocenters. The van der Waals surface area contributed by atoms with Crippen molar-refractivity contribution in [3.05, 3.63) is 170 Å². The smallest absolute Gasteiger partial charge is 0.261 e. The van der Waals surface area contributed by atoms with Crippen LogP contribution in [0, 0.1) is 67.2 Å². The van der Waals surface area contributed by atoms with Crippen LogP contribution in [0.5, 0.6) is 0 Å². The summed E-state index contributed by atoms with van der Waals surface area (Å²) < 4.78 is 14.5. The van der Waals surface area contributed by atoms with Crippen LogP contribution >= 0.6 is 104 Å². The van der Waals surface area contributed by atoms with E-state index in [-0.39, 0.29) is 0 Å². The molecule has 12 nitrogen and oxygen atoms in total. The zero-order chi connectivity index (χ0) is 75.3. The lowest BCUT2D eigenvalue weighted by Gasteiger charge is -2.29. The van der Waals surface area contributed by atoms with Crippen LogP contribution in [0.15, 0.2) is 116 Å². The van der Waals surface area contributed by atoms with Gasteiger partial charge in [0.05, 0.1) is 52.0 Å². The van der Waals surface area contributed by atoms with Crippen LogP contribution in [0.1, 0.15) is 180 Å². The third-order valence-electron chi connectivity index (χ3n) is 18.3. The van der Waals surface area contributed by atoms with E-state index in [2.05, 4.69) is 200 Å². The number of fused-ring (bicyclic) bond motifs is 10. The van der Waals surface area contributed by atoms with E-state index >= 15 is 0 Å². The van der Waals surface area contributed by atoms with Gasteiger partial charge in [0.2, 0.25) is 0 Å². The van der Waals surface area contributed by atoms with Crippen molar-refractivity contribution in [2.24, 2.45) is 9.98 Å². The Bertz CT molecular complexity index is 5010. The number of aryl methyl sites for hydroxylation is 8. The molecule has 18 rings (SSSR count). The second-order valence-corrected chi connectivity index (χ2v) is 35.4. The predicted octanol–water partition coefficient (Wildman–Crippen LogP) is 24.6. The number of rotatable bonds is 0. The van der Waals surface area contributed by atoms with E-state index in [4.69, 9.17) is 9.97 Å². The SMILES string of the molecule is CC.CC.CC#CC.CC1=C(C)C2SC(C)=C(C)C2S1.CC1=NC2SC(C)=NC2S1.CC=CC.CN1C(=O)c2ccc3c4c(ccc(c24)C1=O)C(=O)N(C)C3=O.Cc1ccc(C)c2nsnc12.Cc1sc(C)c2nc3c(nc12)-c1cccc2cccc-3c12.Cc1sc2c(sc3c(C)c(C)sc32)c1C. The third kappa shape index (κ3) is 15.8. The lowest BCUT2D eigenvalue weighted by Crippen LogP contribution is -2.40. The molecule has 0 bridgehead atoms. The highest BCUT2D eigenvalue weighted by molar-refractivity contribution is 8.19. The molecule has 0 saturated heterocycles. The molecule has 6 aromatic heterocycles. The van der Waals surface area contributed by atoms with Crippen molar-refractivity contribution in [2.45, 2.75) is 174 Å². The number of allylic oxidation sites excluding steroid dienone is 4. The van der Waals surface area contributed by atoms with Gasteiger partial charge in [-0.05, 0) is 197 Å². The van der Waals surface area contributed by atoms with Crippen molar-refractivity contribution < 1.29 is 19.2 Å². The van der Waals surface area contributed by atoms with Crippen molar-refractivity contribution >= 4 is 200 Å². The molecule has 1 aliphatic carbocycles. The Morgan fingerprint density at radius 2 is 0.767 bits per heavy atom. The lowest BCUT2D eigenvalue weighted by molar-refractivity contribution is 0.0629. The highest BCUT2D eigenvalue weighted by atomic mass is 32.2. The van der Waals surface area contributed by atoms with Gasteiger partial charge >= 0.3 is 0 Å². The maximum absolute atomic E-state index is 12.3. The summed E-state index contributed by atoms with van der Waals surface area (Å²) in [6, 6.07) is 23.2. The number of aromatic nitrogens is 4. The molecule has 7 aliphatic rings. The van der Waals surface area contributed by atoms with Crippen molar-refractivity contribution in [2.75, 3.05) is 14.1 Å². The molecule has 0 spiro atoms. The summed E-state index contributed by atoms with van der Waals surface area (Å²) in [5.74, 6) is 3.64. The van der Waals surface area contributed by atoms with Crippen LogP contribution in [-0.2, 0) is 0 Å². The van der Waals surface area contributed by atoms with Gasteiger partial charge in [-0.25, -0.2) is 9.97 Å². The average Bonchev–Trinajstić information content (AvgIpc) is 0.798. The first-order valence-electron chi connectivity index (χ1n) is 34.4.